The number of benzene rings is 2. The molecule has 0 bridgehead atoms. The van der Waals surface area contributed by atoms with Gasteiger partial charge in [-0.1, -0.05) is 36.0 Å². The van der Waals surface area contributed by atoms with Crippen molar-refractivity contribution in [2.24, 2.45) is 0 Å². The zero-order valence-electron chi connectivity index (χ0n) is 14.5. The lowest BCUT2D eigenvalue weighted by Gasteiger charge is -2.18. The van der Waals surface area contributed by atoms with Crippen LogP contribution in [0.1, 0.15) is 16.7 Å². The first kappa shape index (κ1) is 20.2. The van der Waals surface area contributed by atoms with E-state index in [1.807, 2.05) is 0 Å². The Kier molecular flexibility index (Phi) is 5.44. The number of anilines is 1. The molecule has 3 rings (SSSR count). The molecule has 9 heteroatoms. The van der Waals surface area contributed by atoms with Crippen molar-refractivity contribution in [1.82, 2.24) is 4.98 Å². The van der Waals surface area contributed by atoms with E-state index in [1.54, 1.807) is 42.5 Å². The highest BCUT2D eigenvalue weighted by atomic mass is 32.2. The number of hydrogen-bond acceptors (Lipinski definition) is 5. The summed E-state index contributed by atoms with van der Waals surface area (Å²) in [7, 11) is 0. The molecule has 0 aliphatic carbocycles. The van der Waals surface area contributed by atoms with Gasteiger partial charge in [-0.15, -0.1) is 0 Å². The lowest BCUT2D eigenvalue weighted by molar-refractivity contribution is -0.137. The second-order valence-corrected chi connectivity index (χ2v) is 6.79. The summed E-state index contributed by atoms with van der Waals surface area (Å²) in [6.07, 6.45) is -4.92. The lowest BCUT2D eigenvalue weighted by atomic mass is 9.92. The molecule has 0 spiro atoms. The normalized spacial score (nSPS) is 11.0. The molecule has 0 aliphatic heterocycles. The topological polar surface area (TPSA) is 86.5 Å². The Morgan fingerprint density at radius 2 is 1.55 bits per heavy atom. The lowest BCUT2D eigenvalue weighted by Crippen LogP contribution is -2.11. The monoisotopic (exact) mass is 414 g/mol. The standard InChI is InChI=1S/C20H10F4N4S/c21-15-8-4-7-14(20(22,23)24)17(15)16-12(9-25)18(27)28-19(13(16)10-26)29-11-5-2-1-3-6-11/h1-8H,(H2,27,28). The smallest absolute Gasteiger partial charge is 0.383 e. The van der Waals surface area contributed by atoms with Crippen molar-refractivity contribution in [2.75, 3.05) is 5.73 Å². The molecule has 0 amide bonds. The maximum atomic E-state index is 14.6. The summed E-state index contributed by atoms with van der Waals surface area (Å²) in [4.78, 5) is 4.65. The average molecular weight is 414 g/mol. The van der Waals surface area contributed by atoms with Gasteiger partial charge in [0.2, 0.25) is 0 Å². The van der Waals surface area contributed by atoms with E-state index in [2.05, 4.69) is 4.98 Å². The van der Waals surface area contributed by atoms with Crippen molar-refractivity contribution in [3.8, 4) is 23.3 Å². The number of aromatic nitrogens is 1. The SMILES string of the molecule is N#Cc1c(N)nc(Sc2ccccc2)c(C#N)c1-c1c(F)cccc1C(F)(F)F. The number of nitriles is 2. The molecule has 1 aromatic heterocycles. The van der Waals surface area contributed by atoms with E-state index in [0.717, 1.165) is 23.9 Å². The molecule has 1 heterocycles. The third-order valence-corrected chi connectivity index (χ3v) is 4.94. The van der Waals surface area contributed by atoms with E-state index < -0.39 is 40.1 Å². The summed E-state index contributed by atoms with van der Waals surface area (Å²) in [5, 5.41) is 19.1. The van der Waals surface area contributed by atoms with Crippen LogP contribution in [0, 0.1) is 28.5 Å². The predicted molar refractivity (Wildman–Crippen MR) is 99.0 cm³/mol. The fourth-order valence-corrected chi connectivity index (χ4v) is 3.65. The average Bonchev–Trinajstić information content (AvgIpc) is 2.67. The van der Waals surface area contributed by atoms with Gasteiger partial charge in [-0.2, -0.15) is 23.7 Å². The predicted octanol–water partition coefficient (Wildman–Crippen LogP) is 5.38. The molecule has 0 aliphatic rings. The van der Waals surface area contributed by atoms with Gasteiger partial charge in [0.05, 0.1) is 11.1 Å². The minimum absolute atomic E-state index is 0.0263. The van der Waals surface area contributed by atoms with E-state index in [1.165, 1.54) is 0 Å². The van der Waals surface area contributed by atoms with Crippen LogP contribution in [0.15, 0.2) is 58.5 Å². The number of nitrogen functional groups attached to an aromatic ring is 1. The number of halogens is 4. The van der Waals surface area contributed by atoms with Gasteiger partial charge in [0, 0.05) is 16.0 Å². The molecule has 0 saturated carbocycles. The van der Waals surface area contributed by atoms with Gasteiger partial charge < -0.3 is 5.73 Å². The number of nitrogens with zero attached hydrogens (tertiary/aromatic N) is 3. The van der Waals surface area contributed by atoms with Crippen molar-refractivity contribution >= 4 is 17.6 Å². The second kappa shape index (κ2) is 7.82. The van der Waals surface area contributed by atoms with E-state index >= 15 is 0 Å². The number of hydrogen-bond donors (Lipinski definition) is 1. The van der Waals surface area contributed by atoms with Crippen LogP contribution in [-0.4, -0.2) is 4.98 Å². The first-order valence-electron chi connectivity index (χ1n) is 8.00. The van der Waals surface area contributed by atoms with Gasteiger partial charge in [0.1, 0.15) is 34.4 Å². The maximum Gasteiger partial charge on any atom is 0.417 e. The van der Waals surface area contributed by atoms with Crippen molar-refractivity contribution in [1.29, 1.82) is 10.5 Å². The highest BCUT2D eigenvalue weighted by Crippen LogP contribution is 2.44. The molecule has 2 N–H and O–H groups in total. The van der Waals surface area contributed by atoms with Crippen molar-refractivity contribution in [2.45, 2.75) is 16.1 Å². The van der Waals surface area contributed by atoms with Crippen LogP contribution in [0.3, 0.4) is 0 Å². The zero-order chi connectivity index (χ0) is 21.2. The molecule has 4 nitrogen and oxygen atoms in total. The van der Waals surface area contributed by atoms with E-state index in [-0.39, 0.29) is 10.6 Å². The highest BCUT2D eigenvalue weighted by Gasteiger charge is 2.37. The fraction of sp³-hybridized carbons (Fsp3) is 0.0500. The minimum Gasteiger partial charge on any atom is -0.383 e. The van der Waals surface area contributed by atoms with Gasteiger partial charge >= 0.3 is 6.18 Å². The third-order valence-electron chi connectivity index (χ3n) is 3.94. The van der Waals surface area contributed by atoms with Gasteiger partial charge in [0.15, 0.2) is 0 Å². The van der Waals surface area contributed by atoms with E-state index in [9.17, 15) is 28.1 Å². The van der Waals surface area contributed by atoms with Crippen LogP contribution in [0.5, 0.6) is 0 Å². The quantitative estimate of drug-likeness (QED) is 0.581. The summed E-state index contributed by atoms with van der Waals surface area (Å²) >= 11 is 0.973. The molecule has 144 valence electrons. The van der Waals surface area contributed by atoms with Crippen molar-refractivity contribution in [3.05, 3.63) is 71.0 Å². The fourth-order valence-electron chi connectivity index (χ4n) is 2.74. The maximum absolute atomic E-state index is 14.6. The molecule has 0 atom stereocenters. The summed E-state index contributed by atoms with van der Waals surface area (Å²) in [6.45, 7) is 0. The van der Waals surface area contributed by atoms with Crippen LogP contribution >= 0.6 is 11.8 Å². The molecule has 29 heavy (non-hydrogen) atoms. The molecule has 2 aromatic carbocycles. The first-order chi connectivity index (χ1) is 13.8. The number of rotatable bonds is 3. The second-order valence-electron chi connectivity index (χ2n) is 5.73. The van der Waals surface area contributed by atoms with Gasteiger partial charge in [0.25, 0.3) is 0 Å². The molecule has 0 saturated heterocycles. The Morgan fingerprint density at radius 3 is 2.14 bits per heavy atom. The Morgan fingerprint density at radius 1 is 0.897 bits per heavy atom. The van der Waals surface area contributed by atoms with Gasteiger partial charge in [-0.05, 0) is 24.3 Å². The van der Waals surface area contributed by atoms with Crippen LogP contribution in [0.25, 0.3) is 11.1 Å². The van der Waals surface area contributed by atoms with Crippen molar-refractivity contribution in [3.63, 3.8) is 0 Å². The van der Waals surface area contributed by atoms with Crippen LogP contribution in [0.2, 0.25) is 0 Å². The Balaban J connectivity index is 2.39. The summed E-state index contributed by atoms with van der Waals surface area (Å²) in [5.41, 5.74) is 2.20. The summed E-state index contributed by atoms with van der Waals surface area (Å²) in [5.74, 6) is -1.62. The van der Waals surface area contributed by atoms with Crippen LogP contribution in [0.4, 0.5) is 23.4 Å². The Labute approximate surface area is 167 Å². The molecule has 0 radical (unpaired) electrons. The summed E-state index contributed by atoms with van der Waals surface area (Å²) in [6, 6.07) is 14.4. The Bertz CT molecular complexity index is 1160. The van der Waals surface area contributed by atoms with E-state index in [4.69, 9.17) is 5.73 Å². The molecular formula is C20H10F4N4S. The zero-order valence-corrected chi connectivity index (χ0v) is 15.3. The molecule has 0 fully saturated rings. The number of nitrogens with two attached hydrogens (primary N) is 1. The first-order valence-corrected chi connectivity index (χ1v) is 8.82. The molecule has 0 unspecified atom stereocenters. The molecular weight excluding hydrogens is 404 g/mol. The molecule has 3 aromatic rings. The number of pyridine rings is 1. The van der Waals surface area contributed by atoms with Crippen LogP contribution < -0.4 is 5.73 Å². The third kappa shape index (κ3) is 3.86. The Hall–Kier alpha value is -3.56. The number of alkyl halides is 3. The summed E-state index contributed by atoms with van der Waals surface area (Å²) < 4.78 is 55.2. The minimum atomic E-state index is -4.92. The largest absolute Gasteiger partial charge is 0.417 e. The van der Waals surface area contributed by atoms with Gasteiger partial charge in [-0.3, -0.25) is 0 Å². The highest BCUT2D eigenvalue weighted by molar-refractivity contribution is 7.99. The van der Waals surface area contributed by atoms with Crippen LogP contribution in [-0.2, 0) is 6.18 Å². The van der Waals surface area contributed by atoms with Gasteiger partial charge in [-0.25, -0.2) is 9.37 Å². The van der Waals surface area contributed by atoms with Crippen molar-refractivity contribution < 1.29 is 17.6 Å². The van der Waals surface area contributed by atoms with E-state index in [0.29, 0.717) is 11.0 Å².